The van der Waals surface area contributed by atoms with E-state index in [4.69, 9.17) is 0 Å². The Hall–Kier alpha value is -1.18. The zero-order chi connectivity index (χ0) is 8.81. The minimum Gasteiger partial charge on any atom is -0.258 e. The van der Waals surface area contributed by atoms with Crippen LogP contribution in [0.1, 0.15) is 31.2 Å². The topological polar surface area (TPSA) is 25.8 Å². The predicted molar refractivity (Wildman–Crippen MR) is 50.7 cm³/mol. The molecule has 0 N–H and O–H groups in total. The Morgan fingerprint density at radius 2 is 2.08 bits per heavy atom. The fourth-order valence-electron chi connectivity index (χ4n) is 0.944. The number of rotatable bonds is 3. The van der Waals surface area contributed by atoms with E-state index in [1.54, 1.807) is 12.4 Å². The van der Waals surface area contributed by atoms with Crippen LogP contribution in [-0.2, 0) is 0 Å². The maximum atomic E-state index is 4.20. The van der Waals surface area contributed by atoms with E-state index in [1.807, 2.05) is 13.0 Å². The second-order valence-electron chi connectivity index (χ2n) is 2.72. The molecule has 0 aliphatic heterocycles. The summed E-state index contributed by atoms with van der Waals surface area (Å²) in [6, 6.07) is 0. The van der Waals surface area contributed by atoms with Crippen molar-refractivity contribution in [3.63, 3.8) is 0 Å². The molecule has 0 unspecified atom stereocenters. The van der Waals surface area contributed by atoms with Gasteiger partial charge in [-0.05, 0) is 19.4 Å². The van der Waals surface area contributed by atoms with Crippen LogP contribution in [0.4, 0.5) is 0 Å². The molecule has 2 heteroatoms. The highest BCUT2D eigenvalue weighted by atomic mass is 14.8. The van der Waals surface area contributed by atoms with Crippen LogP contribution in [-0.4, -0.2) is 9.97 Å². The normalized spacial score (nSPS) is 10.8. The SMILES string of the molecule is CCC/C=C\c1nccnc1C. The van der Waals surface area contributed by atoms with Crippen LogP contribution in [0.15, 0.2) is 18.5 Å². The van der Waals surface area contributed by atoms with E-state index >= 15 is 0 Å². The van der Waals surface area contributed by atoms with Crippen molar-refractivity contribution in [2.75, 3.05) is 0 Å². The van der Waals surface area contributed by atoms with E-state index in [0.29, 0.717) is 0 Å². The summed E-state index contributed by atoms with van der Waals surface area (Å²) in [6.07, 6.45) is 9.89. The third-order valence-corrected chi connectivity index (χ3v) is 1.65. The lowest BCUT2D eigenvalue weighted by Crippen LogP contribution is -1.88. The molecule has 1 heterocycles. The van der Waals surface area contributed by atoms with Crippen LogP contribution in [0.25, 0.3) is 6.08 Å². The van der Waals surface area contributed by atoms with Crippen LogP contribution < -0.4 is 0 Å². The fraction of sp³-hybridized carbons (Fsp3) is 0.400. The fourth-order valence-corrected chi connectivity index (χ4v) is 0.944. The third-order valence-electron chi connectivity index (χ3n) is 1.65. The first kappa shape index (κ1) is 8.91. The van der Waals surface area contributed by atoms with Gasteiger partial charge in [0.15, 0.2) is 0 Å². The molecule has 0 saturated carbocycles. The molecule has 0 atom stereocenters. The van der Waals surface area contributed by atoms with Gasteiger partial charge in [0, 0.05) is 12.4 Å². The molecule has 0 radical (unpaired) electrons. The van der Waals surface area contributed by atoms with Gasteiger partial charge < -0.3 is 0 Å². The second kappa shape index (κ2) is 4.65. The summed E-state index contributed by atoms with van der Waals surface area (Å²) < 4.78 is 0. The van der Waals surface area contributed by atoms with Crippen LogP contribution in [0, 0.1) is 6.92 Å². The standard InChI is InChI=1S/C10H14N2/c1-3-4-5-6-10-9(2)11-7-8-12-10/h5-8H,3-4H2,1-2H3/b6-5-. The minimum absolute atomic E-state index is 0.978. The zero-order valence-electron chi connectivity index (χ0n) is 7.62. The van der Waals surface area contributed by atoms with Gasteiger partial charge in [0.1, 0.15) is 0 Å². The average molecular weight is 162 g/mol. The zero-order valence-corrected chi connectivity index (χ0v) is 7.62. The number of aromatic nitrogens is 2. The van der Waals surface area contributed by atoms with E-state index in [1.165, 1.54) is 6.42 Å². The maximum absolute atomic E-state index is 4.20. The Morgan fingerprint density at radius 3 is 2.75 bits per heavy atom. The summed E-state index contributed by atoms with van der Waals surface area (Å²) in [5, 5.41) is 0. The lowest BCUT2D eigenvalue weighted by atomic mass is 10.2. The number of aryl methyl sites for hydroxylation is 1. The third kappa shape index (κ3) is 2.46. The van der Waals surface area contributed by atoms with Gasteiger partial charge in [0.05, 0.1) is 11.4 Å². The molecule has 64 valence electrons. The molecule has 0 aromatic carbocycles. The maximum Gasteiger partial charge on any atom is 0.0838 e. The monoisotopic (exact) mass is 162 g/mol. The first-order valence-corrected chi connectivity index (χ1v) is 4.28. The van der Waals surface area contributed by atoms with Crippen molar-refractivity contribution in [1.29, 1.82) is 0 Å². The van der Waals surface area contributed by atoms with Gasteiger partial charge in [-0.25, -0.2) is 0 Å². The van der Waals surface area contributed by atoms with Gasteiger partial charge in [-0.1, -0.05) is 19.4 Å². The number of nitrogens with zero attached hydrogens (tertiary/aromatic N) is 2. The molecular formula is C10H14N2. The molecule has 0 aliphatic carbocycles. The molecule has 2 nitrogen and oxygen atoms in total. The molecule has 1 rings (SSSR count). The molecule has 1 aromatic heterocycles. The van der Waals surface area contributed by atoms with Crippen LogP contribution in [0.3, 0.4) is 0 Å². The molecule has 12 heavy (non-hydrogen) atoms. The van der Waals surface area contributed by atoms with E-state index in [-0.39, 0.29) is 0 Å². The Labute approximate surface area is 73.4 Å². The smallest absolute Gasteiger partial charge is 0.0838 e. The van der Waals surface area contributed by atoms with Crippen molar-refractivity contribution in [2.45, 2.75) is 26.7 Å². The summed E-state index contributed by atoms with van der Waals surface area (Å²) >= 11 is 0. The second-order valence-corrected chi connectivity index (χ2v) is 2.72. The van der Waals surface area contributed by atoms with Crippen LogP contribution in [0.2, 0.25) is 0 Å². The van der Waals surface area contributed by atoms with Gasteiger partial charge in [-0.2, -0.15) is 0 Å². The largest absolute Gasteiger partial charge is 0.258 e. The van der Waals surface area contributed by atoms with Crippen molar-refractivity contribution in [2.24, 2.45) is 0 Å². The molecule has 0 saturated heterocycles. The van der Waals surface area contributed by atoms with Crippen molar-refractivity contribution >= 4 is 6.08 Å². The van der Waals surface area contributed by atoms with Crippen LogP contribution >= 0.6 is 0 Å². The van der Waals surface area contributed by atoms with Crippen molar-refractivity contribution in [3.05, 3.63) is 29.9 Å². The first-order chi connectivity index (χ1) is 5.84. The highest BCUT2D eigenvalue weighted by molar-refractivity contribution is 5.46. The molecule has 0 aliphatic rings. The number of allylic oxidation sites excluding steroid dienone is 1. The Morgan fingerprint density at radius 1 is 1.33 bits per heavy atom. The Kier molecular flexibility index (Phi) is 3.45. The summed E-state index contributed by atoms with van der Waals surface area (Å²) in [5.74, 6) is 0. The summed E-state index contributed by atoms with van der Waals surface area (Å²) in [4.78, 5) is 8.34. The number of hydrogen-bond donors (Lipinski definition) is 0. The summed E-state index contributed by atoms with van der Waals surface area (Å²) in [5.41, 5.74) is 1.97. The predicted octanol–water partition coefficient (Wildman–Crippen LogP) is 2.60. The Balaban J connectivity index is 2.68. The van der Waals surface area contributed by atoms with Gasteiger partial charge in [0.2, 0.25) is 0 Å². The molecule has 0 amide bonds. The van der Waals surface area contributed by atoms with Gasteiger partial charge in [-0.15, -0.1) is 0 Å². The lowest BCUT2D eigenvalue weighted by Gasteiger charge is -1.95. The van der Waals surface area contributed by atoms with Crippen molar-refractivity contribution in [1.82, 2.24) is 9.97 Å². The lowest BCUT2D eigenvalue weighted by molar-refractivity contribution is 0.961. The minimum atomic E-state index is 0.978. The quantitative estimate of drug-likeness (QED) is 0.682. The highest BCUT2D eigenvalue weighted by Crippen LogP contribution is 2.02. The first-order valence-electron chi connectivity index (χ1n) is 4.28. The number of unbranched alkanes of at least 4 members (excludes halogenated alkanes) is 1. The van der Waals surface area contributed by atoms with Gasteiger partial charge in [-0.3, -0.25) is 9.97 Å². The molecule has 0 bridgehead atoms. The summed E-state index contributed by atoms with van der Waals surface area (Å²) in [7, 11) is 0. The van der Waals surface area contributed by atoms with E-state index < -0.39 is 0 Å². The molecular weight excluding hydrogens is 148 g/mol. The van der Waals surface area contributed by atoms with E-state index in [9.17, 15) is 0 Å². The van der Waals surface area contributed by atoms with Crippen molar-refractivity contribution in [3.8, 4) is 0 Å². The average Bonchev–Trinajstić information content (AvgIpc) is 2.09. The summed E-state index contributed by atoms with van der Waals surface area (Å²) in [6.45, 7) is 4.13. The molecule has 0 fully saturated rings. The van der Waals surface area contributed by atoms with Gasteiger partial charge in [0.25, 0.3) is 0 Å². The van der Waals surface area contributed by atoms with Crippen molar-refractivity contribution < 1.29 is 0 Å². The number of hydrogen-bond acceptors (Lipinski definition) is 2. The Bertz CT molecular complexity index is 266. The molecule has 1 aromatic rings. The van der Waals surface area contributed by atoms with E-state index in [0.717, 1.165) is 17.8 Å². The van der Waals surface area contributed by atoms with Crippen LogP contribution in [0.5, 0.6) is 0 Å². The molecule has 0 spiro atoms. The van der Waals surface area contributed by atoms with Gasteiger partial charge >= 0.3 is 0 Å². The van der Waals surface area contributed by atoms with E-state index in [2.05, 4.69) is 23.0 Å². The highest BCUT2D eigenvalue weighted by Gasteiger charge is 1.92.